The minimum atomic E-state index is -0.923. The van der Waals surface area contributed by atoms with E-state index in [1.807, 2.05) is 25.1 Å². The van der Waals surface area contributed by atoms with Gasteiger partial charge in [-0.05, 0) is 55.0 Å². The molecule has 2 heterocycles. The maximum Gasteiger partial charge on any atom is 0.301 e. The average molecular weight is 491 g/mol. The Morgan fingerprint density at radius 2 is 1.82 bits per heavy atom. The quantitative estimate of drug-likeness (QED) is 0.219. The number of Topliss-reactive ketones (excluding diaryl/α,β-unsaturated/α-hetero) is 1. The molecule has 1 fully saturated rings. The van der Waals surface area contributed by atoms with Crippen molar-refractivity contribution < 1.29 is 19.4 Å². The number of hydrogen-bond acceptors (Lipinski definition) is 6. The van der Waals surface area contributed by atoms with Gasteiger partial charge in [0.15, 0.2) is 5.13 Å². The molecule has 0 radical (unpaired) electrons. The number of ether oxygens (including phenoxy) is 1. The van der Waals surface area contributed by atoms with Crippen molar-refractivity contribution in [1.82, 2.24) is 4.98 Å². The van der Waals surface area contributed by atoms with Gasteiger partial charge in [0.25, 0.3) is 5.78 Å². The van der Waals surface area contributed by atoms with Crippen LogP contribution in [0.2, 0.25) is 5.02 Å². The highest BCUT2D eigenvalue weighted by Gasteiger charge is 2.49. The maximum absolute atomic E-state index is 13.4. The van der Waals surface area contributed by atoms with E-state index >= 15 is 0 Å². The number of benzene rings is 3. The zero-order valence-corrected chi connectivity index (χ0v) is 19.9. The van der Waals surface area contributed by atoms with E-state index in [0.29, 0.717) is 27.0 Å². The molecule has 0 aliphatic carbocycles. The van der Waals surface area contributed by atoms with Gasteiger partial charge in [-0.3, -0.25) is 14.5 Å². The molecular weight excluding hydrogens is 472 g/mol. The molecule has 1 aliphatic rings. The molecule has 1 saturated heterocycles. The molecule has 4 aromatic rings. The van der Waals surface area contributed by atoms with Gasteiger partial charge in [-0.15, -0.1) is 0 Å². The number of aromatic nitrogens is 1. The number of rotatable bonds is 4. The number of aryl methyl sites for hydroxylation is 1. The number of amides is 1. The summed E-state index contributed by atoms with van der Waals surface area (Å²) in [6.07, 6.45) is 0. The number of anilines is 1. The number of nitrogens with zero attached hydrogens (tertiary/aromatic N) is 2. The van der Waals surface area contributed by atoms with Crippen molar-refractivity contribution in [1.29, 1.82) is 0 Å². The zero-order chi connectivity index (χ0) is 24.0. The van der Waals surface area contributed by atoms with Gasteiger partial charge in [0.1, 0.15) is 17.6 Å². The summed E-state index contributed by atoms with van der Waals surface area (Å²) in [5.74, 6) is -1.36. The summed E-state index contributed by atoms with van der Waals surface area (Å²) in [4.78, 5) is 32.7. The van der Waals surface area contributed by atoms with Crippen LogP contribution in [-0.4, -0.2) is 28.9 Å². The first-order valence-corrected chi connectivity index (χ1v) is 11.7. The summed E-state index contributed by atoms with van der Waals surface area (Å²) in [6.45, 7) is 1.98. The molecule has 5 rings (SSSR count). The largest absolute Gasteiger partial charge is 0.507 e. The Kier molecular flexibility index (Phi) is 5.59. The minimum absolute atomic E-state index is 0.0349. The van der Waals surface area contributed by atoms with Gasteiger partial charge in [-0.25, -0.2) is 4.98 Å². The number of hydrogen-bond donors (Lipinski definition) is 1. The Morgan fingerprint density at radius 3 is 2.56 bits per heavy atom. The van der Waals surface area contributed by atoms with Gasteiger partial charge in [0, 0.05) is 16.1 Å². The highest BCUT2D eigenvalue weighted by molar-refractivity contribution is 7.22. The van der Waals surface area contributed by atoms with Gasteiger partial charge in [-0.1, -0.05) is 47.2 Å². The van der Waals surface area contributed by atoms with Crippen molar-refractivity contribution in [2.75, 3.05) is 12.0 Å². The topological polar surface area (TPSA) is 79.7 Å². The Hall–Kier alpha value is -3.68. The van der Waals surface area contributed by atoms with Crippen LogP contribution in [0.25, 0.3) is 16.0 Å². The molecule has 170 valence electrons. The molecule has 1 N–H and O–H groups in total. The molecule has 6 nitrogen and oxygen atoms in total. The number of aliphatic hydroxyl groups is 1. The molecule has 1 amide bonds. The normalized spacial score (nSPS) is 17.5. The first-order valence-electron chi connectivity index (χ1n) is 10.5. The number of thiazole rings is 1. The Labute approximate surface area is 204 Å². The van der Waals surface area contributed by atoms with Crippen LogP contribution in [0.3, 0.4) is 0 Å². The van der Waals surface area contributed by atoms with E-state index in [-0.39, 0.29) is 11.3 Å². The van der Waals surface area contributed by atoms with Crippen molar-refractivity contribution in [3.63, 3.8) is 0 Å². The highest BCUT2D eigenvalue weighted by atomic mass is 35.5. The molecule has 34 heavy (non-hydrogen) atoms. The lowest BCUT2D eigenvalue weighted by Crippen LogP contribution is -2.29. The van der Waals surface area contributed by atoms with Crippen LogP contribution in [0.4, 0.5) is 5.13 Å². The number of fused-ring (bicyclic) bond motifs is 1. The lowest BCUT2D eigenvalue weighted by atomic mass is 9.95. The summed E-state index contributed by atoms with van der Waals surface area (Å²) < 4.78 is 6.45. The lowest BCUT2D eigenvalue weighted by Gasteiger charge is -2.24. The van der Waals surface area contributed by atoms with Crippen LogP contribution in [0.15, 0.2) is 72.3 Å². The fourth-order valence-corrected chi connectivity index (χ4v) is 5.32. The van der Waals surface area contributed by atoms with Crippen molar-refractivity contribution in [2.24, 2.45) is 0 Å². The molecule has 1 atom stereocenters. The number of aliphatic hydroxyl groups excluding tert-OH is 1. The minimum Gasteiger partial charge on any atom is -0.507 e. The highest BCUT2D eigenvalue weighted by Crippen LogP contribution is 2.46. The Balaban J connectivity index is 1.76. The number of ketones is 1. The first kappa shape index (κ1) is 22.1. The van der Waals surface area contributed by atoms with Crippen LogP contribution in [0, 0.1) is 6.92 Å². The number of methoxy groups -OCH3 is 1. The van der Waals surface area contributed by atoms with E-state index < -0.39 is 17.7 Å². The molecule has 8 heteroatoms. The number of carbonyl (C=O) groups is 2. The standard InChI is InChI=1S/C26H19ClN2O4S/c1-14-7-12-18-20(13-14)34-26(28-18)29-22(17-5-3-4-6-19(17)33-2)21(24(31)25(29)32)23(30)15-8-10-16(27)11-9-15/h3-13,22,30H,1-2H3/t22-/m0/s1. The molecule has 0 unspecified atom stereocenters. The monoisotopic (exact) mass is 490 g/mol. The van der Waals surface area contributed by atoms with E-state index in [2.05, 4.69) is 4.98 Å². The van der Waals surface area contributed by atoms with Crippen LogP contribution in [-0.2, 0) is 9.59 Å². The molecule has 0 saturated carbocycles. The fraction of sp³-hybridized carbons (Fsp3) is 0.115. The summed E-state index contributed by atoms with van der Waals surface area (Å²) in [5.41, 5.74) is 2.70. The second kappa shape index (κ2) is 8.59. The van der Waals surface area contributed by atoms with Gasteiger partial charge < -0.3 is 9.84 Å². The van der Waals surface area contributed by atoms with Crippen LogP contribution in [0.5, 0.6) is 5.75 Å². The van der Waals surface area contributed by atoms with Crippen molar-refractivity contribution >= 4 is 55.7 Å². The zero-order valence-electron chi connectivity index (χ0n) is 18.3. The molecule has 3 aromatic carbocycles. The number of carbonyl (C=O) groups excluding carboxylic acids is 2. The molecule has 1 aliphatic heterocycles. The van der Waals surface area contributed by atoms with Crippen LogP contribution >= 0.6 is 22.9 Å². The van der Waals surface area contributed by atoms with Crippen LogP contribution < -0.4 is 9.64 Å². The predicted molar refractivity (Wildman–Crippen MR) is 134 cm³/mol. The molecule has 1 aromatic heterocycles. The predicted octanol–water partition coefficient (Wildman–Crippen LogP) is 5.89. The third-order valence-corrected chi connectivity index (χ3v) is 7.00. The third-order valence-electron chi connectivity index (χ3n) is 5.73. The second-order valence-corrected chi connectivity index (χ2v) is 9.33. The molecule has 0 bridgehead atoms. The SMILES string of the molecule is COc1ccccc1[C@H]1C(=C(O)c2ccc(Cl)cc2)C(=O)C(=O)N1c1nc2ccc(C)cc2s1. The number of halogens is 1. The van der Waals surface area contributed by atoms with Crippen molar-refractivity contribution in [2.45, 2.75) is 13.0 Å². The van der Waals surface area contributed by atoms with Gasteiger partial charge >= 0.3 is 5.91 Å². The fourth-order valence-electron chi connectivity index (χ4n) is 4.10. The Bertz CT molecular complexity index is 1480. The smallest absolute Gasteiger partial charge is 0.301 e. The van der Waals surface area contributed by atoms with E-state index in [1.54, 1.807) is 48.5 Å². The first-order chi connectivity index (χ1) is 16.4. The maximum atomic E-state index is 13.4. The van der Waals surface area contributed by atoms with E-state index in [9.17, 15) is 14.7 Å². The summed E-state index contributed by atoms with van der Waals surface area (Å²) in [5, 5.41) is 12.1. The van der Waals surface area contributed by atoms with Gasteiger partial charge in [-0.2, -0.15) is 0 Å². The molecule has 0 spiro atoms. The summed E-state index contributed by atoms with van der Waals surface area (Å²) in [6, 6.07) is 18.4. The van der Waals surface area contributed by atoms with Crippen molar-refractivity contribution in [3.8, 4) is 5.75 Å². The van der Waals surface area contributed by atoms with E-state index in [0.717, 1.165) is 15.8 Å². The van der Waals surface area contributed by atoms with E-state index in [1.165, 1.54) is 23.3 Å². The van der Waals surface area contributed by atoms with Crippen LogP contribution in [0.1, 0.15) is 22.7 Å². The van der Waals surface area contributed by atoms with Gasteiger partial charge in [0.05, 0.1) is 22.9 Å². The second-order valence-electron chi connectivity index (χ2n) is 7.89. The van der Waals surface area contributed by atoms with E-state index in [4.69, 9.17) is 16.3 Å². The van der Waals surface area contributed by atoms with Crippen molar-refractivity contribution in [3.05, 3.63) is 94.0 Å². The number of para-hydroxylation sites is 1. The summed E-state index contributed by atoms with van der Waals surface area (Å²) >= 11 is 7.31. The summed E-state index contributed by atoms with van der Waals surface area (Å²) in [7, 11) is 1.52. The lowest BCUT2D eigenvalue weighted by molar-refractivity contribution is -0.132. The Morgan fingerprint density at radius 1 is 1.09 bits per heavy atom. The van der Waals surface area contributed by atoms with Gasteiger partial charge in [0.2, 0.25) is 0 Å². The average Bonchev–Trinajstić information content (AvgIpc) is 3.36. The molecular formula is C26H19ClN2O4S. The third kappa shape index (κ3) is 3.63.